The summed E-state index contributed by atoms with van der Waals surface area (Å²) in [5, 5.41) is 9.41. The van der Waals surface area contributed by atoms with E-state index in [1.165, 1.54) is 6.20 Å². The van der Waals surface area contributed by atoms with Crippen molar-refractivity contribution in [3.63, 3.8) is 0 Å². The maximum absolute atomic E-state index is 15.0. The maximum atomic E-state index is 15.0. The summed E-state index contributed by atoms with van der Waals surface area (Å²) in [6.45, 7) is 0.885. The molecule has 0 spiro atoms. The number of hydrogen-bond acceptors (Lipinski definition) is 4. The molecule has 0 amide bonds. The first-order valence-electron chi connectivity index (χ1n) is 9.83. The van der Waals surface area contributed by atoms with Crippen LogP contribution in [0.4, 0.5) is 14.5 Å². The first-order valence-corrected chi connectivity index (χ1v) is 9.83. The van der Waals surface area contributed by atoms with Gasteiger partial charge in [0.25, 0.3) is 0 Å². The monoisotopic (exact) mass is 403 g/mol. The SMILES string of the molecule is NC/C(F)=C1/CCCN(c2cc3c(cc2F)c(=O)c(C(=O)O)cn3C2CC2)CC1. The normalized spacial score (nSPS) is 19.3. The summed E-state index contributed by atoms with van der Waals surface area (Å²) < 4.78 is 30.6. The zero-order valence-electron chi connectivity index (χ0n) is 16.0. The van der Waals surface area contributed by atoms with Crippen molar-refractivity contribution in [2.45, 2.75) is 38.1 Å². The van der Waals surface area contributed by atoms with Gasteiger partial charge in [0.2, 0.25) is 5.43 Å². The molecule has 154 valence electrons. The highest BCUT2D eigenvalue weighted by Crippen LogP contribution is 2.38. The lowest BCUT2D eigenvalue weighted by molar-refractivity contribution is 0.0695. The molecule has 2 heterocycles. The molecule has 1 aromatic heterocycles. The van der Waals surface area contributed by atoms with Crippen LogP contribution in [-0.2, 0) is 0 Å². The van der Waals surface area contributed by atoms with Crippen molar-refractivity contribution in [1.29, 1.82) is 0 Å². The number of nitrogens with two attached hydrogens (primary N) is 1. The second-order valence-electron chi connectivity index (χ2n) is 7.69. The molecule has 29 heavy (non-hydrogen) atoms. The standard InChI is InChI=1S/C21H23F2N3O3/c22-16-8-14-18(26(13-3-4-13)11-15(20(14)27)21(28)29)9-19(16)25-6-1-2-12(5-7-25)17(23)10-24/h8-9,11,13H,1-7,10,24H2,(H,28,29)/b17-12+. The number of aromatic carboxylic acids is 1. The number of fused-ring (bicyclic) bond motifs is 1. The number of carboxylic acid groups (broad SMARTS) is 1. The second kappa shape index (κ2) is 7.59. The number of aromatic nitrogens is 1. The molecule has 4 rings (SSSR count). The van der Waals surface area contributed by atoms with Crippen LogP contribution in [-0.4, -0.2) is 35.3 Å². The second-order valence-corrected chi connectivity index (χ2v) is 7.69. The van der Waals surface area contributed by atoms with Gasteiger partial charge in [0.05, 0.1) is 11.2 Å². The molecule has 3 N–H and O–H groups in total. The fourth-order valence-electron chi connectivity index (χ4n) is 4.05. The summed E-state index contributed by atoms with van der Waals surface area (Å²) in [6, 6.07) is 2.89. The van der Waals surface area contributed by atoms with E-state index in [9.17, 15) is 23.5 Å². The van der Waals surface area contributed by atoms with E-state index >= 15 is 0 Å². The van der Waals surface area contributed by atoms with Crippen LogP contribution in [0, 0.1) is 5.82 Å². The van der Waals surface area contributed by atoms with Gasteiger partial charge < -0.3 is 20.3 Å². The Hall–Kier alpha value is -2.74. The summed E-state index contributed by atoms with van der Waals surface area (Å²) in [5.74, 6) is -2.19. The largest absolute Gasteiger partial charge is 0.477 e. The smallest absolute Gasteiger partial charge is 0.341 e. The first kappa shape index (κ1) is 19.6. The average Bonchev–Trinajstić information content (AvgIpc) is 3.54. The van der Waals surface area contributed by atoms with Gasteiger partial charge in [0, 0.05) is 37.3 Å². The first-order chi connectivity index (χ1) is 13.9. The molecule has 6 nitrogen and oxygen atoms in total. The van der Waals surface area contributed by atoms with E-state index in [0.717, 1.165) is 18.9 Å². The van der Waals surface area contributed by atoms with Gasteiger partial charge in [-0.2, -0.15) is 0 Å². The Labute approximate surface area is 166 Å². The highest BCUT2D eigenvalue weighted by Gasteiger charge is 2.28. The number of rotatable bonds is 4. The zero-order valence-corrected chi connectivity index (χ0v) is 16.0. The third kappa shape index (κ3) is 3.64. The van der Waals surface area contributed by atoms with E-state index in [1.54, 1.807) is 10.6 Å². The van der Waals surface area contributed by atoms with Crippen molar-refractivity contribution in [2.24, 2.45) is 5.73 Å². The van der Waals surface area contributed by atoms with Crippen LogP contribution in [0.3, 0.4) is 0 Å². The molecule has 0 radical (unpaired) electrons. The summed E-state index contributed by atoms with van der Waals surface area (Å²) in [7, 11) is 0. The molecule has 2 aromatic rings. The molecule has 1 aliphatic carbocycles. The van der Waals surface area contributed by atoms with E-state index in [0.29, 0.717) is 49.1 Å². The molecule has 2 aliphatic rings. The minimum Gasteiger partial charge on any atom is -0.477 e. The minimum atomic E-state index is -1.32. The fourth-order valence-corrected chi connectivity index (χ4v) is 4.05. The number of benzene rings is 1. The molecule has 8 heteroatoms. The van der Waals surface area contributed by atoms with Crippen LogP contribution in [0.1, 0.15) is 48.5 Å². The van der Waals surface area contributed by atoms with Crippen molar-refractivity contribution >= 4 is 22.6 Å². The maximum Gasteiger partial charge on any atom is 0.341 e. The lowest BCUT2D eigenvalue weighted by atomic mass is 10.1. The molecule has 1 saturated carbocycles. The van der Waals surface area contributed by atoms with Gasteiger partial charge in [-0.25, -0.2) is 13.6 Å². The van der Waals surface area contributed by atoms with Crippen LogP contribution in [0.5, 0.6) is 0 Å². The quantitative estimate of drug-likeness (QED) is 0.817. The topological polar surface area (TPSA) is 88.6 Å². The van der Waals surface area contributed by atoms with E-state index in [2.05, 4.69) is 0 Å². The number of carboxylic acids is 1. The lowest BCUT2D eigenvalue weighted by Gasteiger charge is -2.24. The Morgan fingerprint density at radius 1 is 1.24 bits per heavy atom. The van der Waals surface area contributed by atoms with Crippen LogP contribution >= 0.6 is 0 Å². The van der Waals surface area contributed by atoms with Crippen LogP contribution in [0.25, 0.3) is 10.9 Å². The molecule has 1 aliphatic heterocycles. The van der Waals surface area contributed by atoms with E-state index in [1.807, 2.05) is 4.90 Å². The highest BCUT2D eigenvalue weighted by atomic mass is 19.1. The van der Waals surface area contributed by atoms with E-state index in [-0.39, 0.29) is 29.4 Å². The zero-order chi connectivity index (χ0) is 20.7. The summed E-state index contributed by atoms with van der Waals surface area (Å²) >= 11 is 0. The summed E-state index contributed by atoms with van der Waals surface area (Å²) in [6.07, 6.45) is 4.87. The Balaban J connectivity index is 1.80. The molecule has 0 atom stereocenters. The van der Waals surface area contributed by atoms with Crippen LogP contribution in [0.15, 0.2) is 34.5 Å². The van der Waals surface area contributed by atoms with Crippen LogP contribution in [0.2, 0.25) is 0 Å². The summed E-state index contributed by atoms with van der Waals surface area (Å²) in [4.78, 5) is 25.9. The number of nitrogens with zero attached hydrogens (tertiary/aromatic N) is 2. The van der Waals surface area contributed by atoms with Crippen LogP contribution < -0.4 is 16.1 Å². The molecular formula is C21H23F2N3O3. The molecule has 0 bridgehead atoms. The Kier molecular flexibility index (Phi) is 5.12. The number of carbonyl (C=O) groups is 1. The highest BCUT2D eigenvalue weighted by molar-refractivity contribution is 5.93. The van der Waals surface area contributed by atoms with E-state index in [4.69, 9.17) is 5.73 Å². The third-order valence-corrected chi connectivity index (χ3v) is 5.77. The average molecular weight is 403 g/mol. The van der Waals surface area contributed by atoms with Crippen molar-refractivity contribution < 1.29 is 18.7 Å². The Morgan fingerprint density at radius 3 is 2.66 bits per heavy atom. The predicted molar refractivity (Wildman–Crippen MR) is 107 cm³/mol. The predicted octanol–water partition coefficient (Wildman–Crippen LogP) is 3.35. The lowest BCUT2D eigenvalue weighted by Crippen LogP contribution is -2.26. The summed E-state index contributed by atoms with van der Waals surface area (Å²) in [5.41, 5.74) is 5.94. The molecule has 1 saturated heterocycles. The number of halogens is 2. The van der Waals surface area contributed by atoms with Gasteiger partial charge in [0.15, 0.2) is 0 Å². The van der Waals surface area contributed by atoms with Gasteiger partial charge in [-0.05, 0) is 49.8 Å². The van der Waals surface area contributed by atoms with Crippen molar-refractivity contribution in [3.05, 3.63) is 51.3 Å². The van der Waals surface area contributed by atoms with Gasteiger partial charge in [-0.15, -0.1) is 0 Å². The molecule has 0 unspecified atom stereocenters. The fraction of sp³-hybridized carbons (Fsp3) is 0.429. The third-order valence-electron chi connectivity index (χ3n) is 5.77. The van der Waals surface area contributed by atoms with E-state index < -0.39 is 17.2 Å². The minimum absolute atomic E-state index is 0.0719. The number of hydrogen-bond donors (Lipinski definition) is 2. The number of anilines is 1. The van der Waals surface area contributed by atoms with Gasteiger partial charge in [0.1, 0.15) is 17.2 Å². The van der Waals surface area contributed by atoms with Crippen molar-refractivity contribution in [3.8, 4) is 0 Å². The van der Waals surface area contributed by atoms with Crippen molar-refractivity contribution in [2.75, 3.05) is 24.5 Å². The van der Waals surface area contributed by atoms with Crippen molar-refractivity contribution in [1.82, 2.24) is 4.57 Å². The molecule has 1 aromatic carbocycles. The number of pyridine rings is 1. The molecule has 2 fully saturated rings. The molecular weight excluding hydrogens is 380 g/mol. The van der Waals surface area contributed by atoms with Gasteiger partial charge in [-0.3, -0.25) is 4.79 Å². The van der Waals surface area contributed by atoms with Gasteiger partial charge >= 0.3 is 5.97 Å². The Bertz CT molecular complexity index is 1070. The Morgan fingerprint density at radius 2 is 2.00 bits per heavy atom. The van der Waals surface area contributed by atoms with Gasteiger partial charge in [-0.1, -0.05) is 0 Å².